The van der Waals surface area contributed by atoms with E-state index in [2.05, 4.69) is 37.5 Å². The Morgan fingerprint density at radius 2 is 0.983 bits per heavy atom. The molecule has 0 aromatic heterocycles. The fourth-order valence-corrected chi connectivity index (χ4v) is 8.52. The number of esters is 2. The number of nitrogens with zero attached hydrogens (tertiary/aromatic N) is 2. The molecule has 0 bridgehead atoms. The van der Waals surface area contributed by atoms with E-state index in [4.69, 9.17) is 9.47 Å². The van der Waals surface area contributed by atoms with E-state index in [1.807, 2.05) is 0 Å². The minimum Gasteiger partial charge on any atom is -0.466 e. The molecule has 1 aliphatic rings. The fourth-order valence-electron chi connectivity index (χ4n) is 8.52. The number of unbranched alkanes of at least 4 members (excludes halogenated alkanes) is 22. The topological polar surface area (TPSA) is 79.3 Å². The Bertz CT molecular complexity index is 876. The lowest BCUT2D eigenvalue weighted by Gasteiger charge is -2.30. The number of carbonyl (C=O) groups is 2. The summed E-state index contributed by atoms with van der Waals surface area (Å²) in [5.74, 6) is 0.818. The Hall–Kier alpha value is -1.18. The van der Waals surface area contributed by atoms with Crippen LogP contribution in [0.3, 0.4) is 0 Å². The van der Waals surface area contributed by atoms with Gasteiger partial charge in [0, 0.05) is 25.9 Å². The summed E-state index contributed by atoms with van der Waals surface area (Å²) in [5.41, 5.74) is 0. The minimum atomic E-state index is -0.107. The van der Waals surface area contributed by atoms with Gasteiger partial charge in [0.25, 0.3) is 0 Å². The number of ether oxygens (including phenoxy) is 2. The molecule has 1 rings (SSSR count). The van der Waals surface area contributed by atoms with Gasteiger partial charge in [-0.05, 0) is 109 Å². The highest BCUT2D eigenvalue weighted by atomic mass is 16.5. The van der Waals surface area contributed by atoms with E-state index in [-0.39, 0.29) is 24.1 Å². The van der Waals surface area contributed by atoms with E-state index in [9.17, 15) is 14.7 Å². The summed E-state index contributed by atoms with van der Waals surface area (Å²) < 4.78 is 11.6. The summed E-state index contributed by atoms with van der Waals surface area (Å²) in [7, 11) is 0. The molecular formula is C51H100N2O5. The number of hydrogen-bond acceptors (Lipinski definition) is 7. The Labute approximate surface area is 361 Å². The molecule has 0 atom stereocenters. The van der Waals surface area contributed by atoms with Gasteiger partial charge in [0.1, 0.15) is 6.10 Å². The Morgan fingerprint density at radius 3 is 1.52 bits per heavy atom. The van der Waals surface area contributed by atoms with E-state index in [0.29, 0.717) is 19.4 Å². The highest BCUT2D eigenvalue weighted by Crippen LogP contribution is 2.19. The number of piperidine rings is 1. The maximum atomic E-state index is 12.9. The smallest absolute Gasteiger partial charge is 0.306 e. The summed E-state index contributed by atoms with van der Waals surface area (Å²) >= 11 is 0. The van der Waals surface area contributed by atoms with Crippen LogP contribution in [0.4, 0.5) is 0 Å². The average molecular weight is 821 g/mol. The van der Waals surface area contributed by atoms with Crippen LogP contribution in [0.25, 0.3) is 0 Å². The summed E-state index contributed by atoms with van der Waals surface area (Å²) in [6.45, 7) is 16.4. The van der Waals surface area contributed by atoms with Crippen molar-refractivity contribution in [1.82, 2.24) is 9.80 Å². The average Bonchev–Trinajstić information content (AvgIpc) is 3.20. The molecule has 0 amide bonds. The molecule has 0 unspecified atom stereocenters. The van der Waals surface area contributed by atoms with Crippen molar-refractivity contribution in [2.75, 3.05) is 45.9 Å². The van der Waals surface area contributed by atoms with Gasteiger partial charge >= 0.3 is 11.9 Å². The second kappa shape index (κ2) is 41.2. The predicted octanol–water partition coefficient (Wildman–Crippen LogP) is 13.8. The van der Waals surface area contributed by atoms with Crippen molar-refractivity contribution < 1.29 is 24.2 Å². The van der Waals surface area contributed by atoms with E-state index in [1.54, 1.807) is 0 Å². The number of aliphatic hydroxyl groups excluding tert-OH is 1. The summed E-state index contributed by atoms with van der Waals surface area (Å²) in [4.78, 5) is 30.2. The van der Waals surface area contributed by atoms with Crippen LogP contribution in [-0.2, 0) is 19.1 Å². The van der Waals surface area contributed by atoms with Crippen LogP contribution in [0.1, 0.15) is 252 Å². The van der Waals surface area contributed by atoms with E-state index < -0.39 is 0 Å². The fraction of sp³-hybridized carbons (Fsp3) is 0.961. The third-order valence-electron chi connectivity index (χ3n) is 12.5. The molecule has 7 heteroatoms. The Kier molecular flexibility index (Phi) is 38.9. The lowest BCUT2D eigenvalue weighted by molar-refractivity contribution is -0.150. The standard InChI is InChI=1S/C51H100N2O5/c1-5-7-9-11-17-25-34-49(35-26-18-12-10-8-6-2)58-51(56)37-28-20-14-22-30-41-52(42-32-43-53-44-38-48(54)39-45-53)40-29-21-13-19-27-36-50(55)57-46-31-23-15-16-24-33-47(3)4/h47-49,54H,5-46H2,1-4H3. The summed E-state index contributed by atoms with van der Waals surface area (Å²) in [5, 5.41) is 9.90. The van der Waals surface area contributed by atoms with Gasteiger partial charge < -0.3 is 24.4 Å². The van der Waals surface area contributed by atoms with Crippen LogP contribution >= 0.6 is 0 Å². The van der Waals surface area contributed by atoms with Crippen molar-refractivity contribution in [3.63, 3.8) is 0 Å². The first kappa shape index (κ1) is 54.8. The zero-order valence-corrected chi connectivity index (χ0v) is 39.4. The van der Waals surface area contributed by atoms with Gasteiger partial charge in [0.15, 0.2) is 0 Å². The van der Waals surface area contributed by atoms with Crippen LogP contribution < -0.4 is 0 Å². The first-order valence-corrected chi connectivity index (χ1v) is 25.8. The second-order valence-electron chi connectivity index (χ2n) is 18.7. The molecule has 1 aliphatic heterocycles. The molecule has 0 saturated carbocycles. The number of rotatable bonds is 43. The van der Waals surface area contributed by atoms with Crippen molar-refractivity contribution in [3.8, 4) is 0 Å². The Balaban J connectivity index is 2.28. The van der Waals surface area contributed by atoms with Gasteiger partial charge in [0.2, 0.25) is 0 Å². The van der Waals surface area contributed by atoms with Crippen molar-refractivity contribution in [3.05, 3.63) is 0 Å². The molecule has 58 heavy (non-hydrogen) atoms. The van der Waals surface area contributed by atoms with Crippen LogP contribution in [-0.4, -0.2) is 84.9 Å². The van der Waals surface area contributed by atoms with E-state index >= 15 is 0 Å². The Morgan fingerprint density at radius 1 is 0.552 bits per heavy atom. The molecule has 1 saturated heterocycles. The van der Waals surface area contributed by atoms with Gasteiger partial charge in [-0.1, -0.05) is 163 Å². The van der Waals surface area contributed by atoms with Crippen LogP contribution in [0.15, 0.2) is 0 Å². The number of likely N-dealkylation sites (tertiary alicyclic amines) is 1. The highest BCUT2D eigenvalue weighted by Gasteiger charge is 2.17. The molecule has 0 aromatic carbocycles. The maximum absolute atomic E-state index is 12.9. The molecular weight excluding hydrogens is 721 g/mol. The first-order chi connectivity index (χ1) is 28.3. The normalized spacial score (nSPS) is 14.0. The lowest BCUT2D eigenvalue weighted by Crippen LogP contribution is -2.38. The number of carbonyl (C=O) groups excluding carboxylic acids is 2. The van der Waals surface area contributed by atoms with Gasteiger partial charge in [-0.25, -0.2) is 0 Å². The van der Waals surface area contributed by atoms with Crippen LogP contribution in [0.2, 0.25) is 0 Å². The third kappa shape index (κ3) is 36.7. The van der Waals surface area contributed by atoms with Crippen LogP contribution in [0, 0.1) is 5.92 Å². The van der Waals surface area contributed by atoms with Gasteiger partial charge in [0.05, 0.1) is 12.7 Å². The molecule has 7 nitrogen and oxygen atoms in total. The molecule has 1 N–H and O–H groups in total. The van der Waals surface area contributed by atoms with Crippen molar-refractivity contribution >= 4 is 11.9 Å². The molecule has 1 fully saturated rings. The first-order valence-electron chi connectivity index (χ1n) is 25.8. The monoisotopic (exact) mass is 821 g/mol. The molecule has 0 spiro atoms. The van der Waals surface area contributed by atoms with E-state index in [1.165, 1.54) is 154 Å². The highest BCUT2D eigenvalue weighted by molar-refractivity contribution is 5.69. The minimum absolute atomic E-state index is 0.0135. The van der Waals surface area contributed by atoms with Crippen molar-refractivity contribution in [2.24, 2.45) is 5.92 Å². The number of hydrogen-bond donors (Lipinski definition) is 1. The summed E-state index contributed by atoms with van der Waals surface area (Å²) in [6, 6.07) is 0. The van der Waals surface area contributed by atoms with Gasteiger partial charge in [-0.2, -0.15) is 0 Å². The largest absolute Gasteiger partial charge is 0.466 e. The van der Waals surface area contributed by atoms with Crippen molar-refractivity contribution in [1.29, 1.82) is 0 Å². The summed E-state index contributed by atoms with van der Waals surface area (Å²) in [6.07, 6.45) is 40.5. The van der Waals surface area contributed by atoms with E-state index in [0.717, 1.165) is 103 Å². The third-order valence-corrected chi connectivity index (χ3v) is 12.5. The molecule has 0 aromatic rings. The molecule has 0 radical (unpaired) electrons. The van der Waals surface area contributed by atoms with Crippen molar-refractivity contribution in [2.45, 2.75) is 265 Å². The van der Waals surface area contributed by atoms with Gasteiger partial charge in [-0.3, -0.25) is 9.59 Å². The predicted molar refractivity (Wildman–Crippen MR) is 248 cm³/mol. The molecule has 1 heterocycles. The zero-order valence-electron chi connectivity index (χ0n) is 39.4. The lowest BCUT2D eigenvalue weighted by atomic mass is 10.0. The van der Waals surface area contributed by atoms with Crippen LogP contribution in [0.5, 0.6) is 0 Å². The SMILES string of the molecule is CCCCCCCCC(CCCCCCCC)OC(=O)CCCCCCCN(CCCCCCCC(=O)OCCCCCCCC(C)C)CCCN1CCC(O)CC1. The quantitative estimate of drug-likeness (QED) is 0.0485. The van der Waals surface area contributed by atoms with Gasteiger partial charge in [-0.15, -0.1) is 0 Å². The number of aliphatic hydroxyl groups is 1. The maximum Gasteiger partial charge on any atom is 0.306 e. The second-order valence-corrected chi connectivity index (χ2v) is 18.7. The molecule has 0 aliphatic carbocycles. The molecule has 344 valence electrons. The zero-order chi connectivity index (χ0) is 42.2.